The Kier molecular flexibility index (Phi) is 5.06. The molecule has 64 valence electrons. The maximum atomic E-state index is 10.1. The van der Waals surface area contributed by atoms with Gasteiger partial charge in [0, 0.05) is 0 Å². The van der Waals surface area contributed by atoms with Crippen molar-refractivity contribution >= 4 is 6.47 Å². The molecular formula is C6H11NO4. The molecule has 0 aromatic carbocycles. The quantitative estimate of drug-likeness (QED) is 0.252. The van der Waals surface area contributed by atoms with Gasteiger partial charge in [0.15, 0.2) is 0 Å². The lowest BCUT2D eigenvalue weighted by molar-refractivity contribution is -0.567. The van der Waals surface area contributed by atoms with E-state index in [4.69, 9.17) is 0 Å². The van der Waals surface area contributed by atoms with Crippen LogP contribution >= 0.6 is 0 Å². The predicted octanol–water partition coefficient (Wildman–Crippen LogP) is 0.952. The second-order valence-electron chi connectivity index (χ2n) is 2.11. The number of hydrogen-bond acceptors (Lipinski definition) is 4. The van der Waals surface area contributed by atoms with Crippen molar-refractivity contribution in [2.45, 2.75) is 32.4 Å². The van der Waals surface area contributed by atoms with Gasteiger partial charge in [0.2, 0.25) is 0 Å². The maximum Gasteiger partial charge on any atom is 0.355 e. The van der Waals surface area contributed by atoms with Crippen LogP contribution in [0.3, 0.4) is 0 Å². The van der Waals surface area contributed by atoms with Gasteiger partial charge in [-0.15, -0.1) is 0 Å². The molecule has 0 fully saturated rings. The highest BCUT2D eigenvalue weighted by atomic mass is 16.7. The SMILES string of the molecule is CCCCC(OC=O)[N+](=O)[O-]. The van der Waals surface area contributed by atoms with E-state index in [9.17, 15) is 14.9 Å². The Morgan fingerprint density at radius 2 is 2.36 bits per heavy atom. The fourth-order valence-corrected chi connectivity index (χ4v) is 0.666. The molecule has 0 aliphatic rings. The Bertz CT molecular complexity index is 137. The highest BCUT2D eigenvalue weighted by Gasteiger charge is 2.18. The molecule has 0 amide bonds. The van der Waals surface area contributed by atoms with Crippen LogP contribution in [0.25, 0.3) is 0 Å². The highest BCUT2D eigenvalue weighted by Crippen LogP contribution is 2.03. The number of carbonyl (C=O) groups is 1. The molecular weight excluding hydrogens is 150 g/mol. The predicted molar refractivity (Wildman–Crippen MR) is 37.5 cm³/mol. The smallest absolute Gasteiger partial charge is 0.355 e. The van der Waals surface area contributed by atoms with E-state index >= 15 is 0 Å². The molecule has 0 heterocycles. The van der Waals surface area contributed by atoms with E-state index in [1.165, 1.54) is 0 Å². The average Bonchev–Trinajstić information content (AvgIpc) is 1.97. The van der Waals surface area contributed by atoms with Crippen LogP contribution in [0.4, 0.5) is 0 Å². The van der Waals surface area contributed by atoms with Gasteiger partial charge in [-0.1, -0.05) is 13.3 Å². The number of carbonyl (C=O) groups excluding carboxylic acids is 1. The molecule has 0 aromatic rings. The van der Waals surface area contributed by atoms with Gasteiger partial charge in [-0.05, 0) is 6.42 Å². The van der Waals surface area contributed by atoms with Crippen LogP contribution < -0.4 is 0 Å². The van der Waals surface area contributed by atoms with Crippen molar-refractivity contribution in [1.29, 1.82) is 0 Å². The number of rotatable bonds is 6. The third kappa shape index (κ3) is 4.30. The summed E-state index contributed by atoms with van der Waals surface area (Å²) in [5.41, 5.74) is 0. The minimum absolute atomic E-state index is 0.114. The number of hydrogen-bond donors (Lipinski definition) is 0. The Morgan fingerprint density at radius 3 is 2.73 bits per heavy atom. The first kappa shape index (κ1) is 9.87. The van der Waals surface area contributed by atoms with Gasteiger partial charge in [-0.2, -0.15) is 0 Å². The van der Waals surface area contributed by atoms with E-state index in [1.54, 1.807) is 0 Å². The summed E-state index contributed by atoms with van der Waals surface area (Å²) in [5.74, 6) is 0. The first-order valence-corrected chi connectivity index (χ1v) is 3.45. The third-order valence-electron chi connectivity index (χ3n) is 1.25. The fraction of sp³-hybridized carbons (Fsp3) is 0.833. The minimum atomic E-state index is -1.16. The number of nitrogens with zero attached hydrogens (tertiary/aromatic N) is 1. The molecule has 5 heteroatoms. The van der Waals surface area contributed by atoms with E-state index in [-0.39, 0.29) is 6.47 Å². The Labute approximate surface area is 64.5 Å². The second kappa shape index (κ2) is 5.64. The molecule has 11 heavy (non-hydrogen) atoms. The average molecular weight is 161 g/mol. The summed E-state index contributed by atoms with van der Waals surface area (Å²) in [6, 6.07) is 0. The van der Waals surface area contributed by atoms with Gasteiger partial charge in [-0.25, -0.2) is 0 Å². The van der Waals surface area contributed by atoms with Crippen molar-refractivity contribution in [3.63, 3.8) is 0 Å². The Hall–Kier alpha value is -1.13. The zero-order valence-corrected chi connectivity index (χ0v) is 6.36. The van der Waals surface area contributed by atoms with E-state index < -0.39 is 11.2 Å². The molecule has 0 saturated heterocycles. The zero-order valence-electron chi connectivity index (χ0n) is 6.36. The highest BCUT2D eigenvalue weighted by molar-refractivity contribution is 5.37. The lowest BCUT2D eigenvalue weighted by atomic mass is 10.2. The number of unbranched alkanes of at least 4 members (excludes halogenated alkanes) is 1. The van der Waals surface area contributed by atoms with Crippen LogP contribution in [0.15, 0.2) is 0 Å². The van der Waals surface area contributed by atoms with Crippen LogP contribution in [-0.2, 0) is 9.53 Å². The Morgan fingerprint density at radius 1 is 1.73 bits per heavy atom. The van der Waals surface area contributed by atoms with Crippen molar-refractivity contribution < 1.29 is 14.5 Å². The summed E-state index contributed by atoms with van der Waals surface area (Å²) in [7, 11) is 0. The van der Waals surface area contributed by atoms with Gasteiger partial charge >= 0.3 is 6.23 Å². The van der Waals surface area contributed by atoms with Crippen molar-refractivity contribution in [3.8, 4) is 0 Å². The zero-order chi connectivity index (χ0) is 8.69. The van der Waals surface area contributed by atoms with Crippen LogP contribution in [0, 0.1) is 10.1 Å². The summed E-state index contributed by atoms with van der Waals surface area (Å²) in [5, 5.41) is 10.1. The first-order valence-electron chi connectivity index (χ1n) is 3.45. The standard InChI is InChI=1S/C6H11NO4/c1-2-3-4-6(7(9)10)11-5-8/h5-6H,2-4H2,1H3. The number of ether oxygens (including phenoxy) is 1. The lowest BCUT2D eigenvalue weighted by Gasteiger charge is -2.04. The molecule has 0 N–H and O–H groups in total. The molecule has 0 aliphatic heterocycles. The topological polar surface area (TPSA) is 69.4 Å². The van der Waals surface area contributed by atoms with Crippen LogP contribution in [0.5, 0.6) is 0 Å². The van der Waals surface area contributed by atoms with Gasteiger partial charge in [-0.3, -0.25) is 14.9 Å². The van der Waals surface area contributed by atoms with Gasteiger partial charge in [0.25, 0.3) is 6.47 Å². The van der Waals surface area contributed by atoms with Gasteiger partial charge in [0.05, 0.1) is 11.3 Å². The van der Waals surface area contributed by atoms with Crippen LogP contribution in [0.2, 0.25) is 0 Å². The van der Waals surface area contributed by atoms with E-state index in [1.807, 2.05) is 6.92 Å². The summed E-state index contributed by atoms with van der Waals surface area (Å²) in [6.45, 7) is 2.03. The third-order valence-corrected chi connectivity index (χ3v) is 1.25. The normalized spacial score (nSPS) is 12.1. The first-order chi connectivity index (χ1) is 5.22. The summed E-state index contributed by atoms with van der Waals surface area (Å²) in [6.07, 6.45) is 0.682. The molecule has 0 saturated carbocycles. The molecule has 0 spiro atoms. The summed E-state index contributed by atoms with van der Waals surface area (Å²) >= 11 is 0. The van der Waals surface area contributed by atoms with E-state index in [0.29, 0.717) is 12.8 Å². The molecule has 0 rings (SSSR count). The van der Waals surface area contributed by atoms with Crippen molar-refractivity contribution in [1.82, 2.24) is 0 Å². The molecule has 5 nitrogen and oxygen atoms in total. The van der Waals surface area contributed by atoms with E-state index in [2.05, 4.69) is 4.74 Å². The van der Waals surface area contributed by atoms with Crippen molar-refractivity contribution in [2.24, 2.45) is 0 Å². The monoisotopic (exact) mass is 161 g/mol. The Balaban J connectivity index is 3.69. The summed E-state index contributed by atoms with van der Waals surface area (Å²) in [4.78, 5) is 19.3. The lowest BCUT2D eigenvalue weighted by Crippen LogP contribution is -2.22. The molecule has 0 radical (unpaired) electrons. The molecule has 1 unspecified atom stereocenters. The van der Waals surface area contributed by atoms with Gasteiger partial charge in [0.1, 0.15) is 0 Å². The van der Waals surface area contributed by atoms with Crippen LogP contribution in [-0.4, -0.2) is 17.6 Å². The molecule has 0 bridgehead atoms. The van der Waals surface area contributed by atoms with Gasteiger partial charge < -0.3 is 4.74 Å². The molecule has 1 atom stereocenters. The minimum Gasteiger partial charge on any atom is -0.400 e. The van der Waals surface area contributed by atoms with Crippen molar-refractivity contribution in [3.05, 3.63) is 10.1 Å². The second-order valence-corrected chi connectivity index (χ2v) is 2.11. The summed E-state index contributed by atoms with van der Waals surface area (Å²) < 4.78 is 4.23. The molecule has 0 aliphatic carbocycles. The largest absolute Gasteiger partial charge is 0.400 e. The van der Waals surface area contributed by atoms with Crippen molar-refractivity contribution in [2.75, 3.05) is 0 Å². The number of nitro groups is 1. The van der Waals surface area contributed by atoms with Crippen LogP contribution in [0.1, 0.15) is 26.2 Å². The molecule has 0 aromatic heterocycles. The van der Waals surface area contributed by atoms with E-state index in [0.717, 1.165) is 6.42 Å². The fourth-order valence-electron chi connectivity index (χ4n) is 0.666. The maximum absolute atomic E-state index is 10.1.